The van der Waals surface area contributed by atoms with Gasteiger partial charge in [0.05, 0.1) is 0 Å². The molecule has 1 N–H and O–H groups in total. The number of nitrogens with one attached hydrogen (secondary N) is 1. The third-order valence-electron chi connectivity index (χ3n) is 3.37. The molecular formula is C17H20FN3O2S. The van der Waals surface area contributed by atoms with E-state index in [2.05, 4.69) is 24.1 Å². The summed E-state index contributed by atoms with van der Waals surface area (Å²) in [5.74, 6) is -0.591. The molecule has 0 aliphatic heterocycles. The lowest BCUT2D eigenvalue weighted by molar-refractivity contribution is -0.116. The van der Waals surface area contributed by atoms with Crippen molar-refractivity contribution in [2.24, 2.45) is 5.92 Å². The first kappa shape index (κ1) is 18.1. The predicted molar refractivity (Wildman–Crippen MR) is 92.5 cm³/mol. The molecule has 0 saturated carbocycles. The van der Waals surface area contributed by atoms with Gasteiger partial charge in [0, 0.05) is 23.7 Å². The van der Waals surface area contributed by atoms with Gasteiger partial charge in [0.1, 0.15) is 12.4 Å². The van der Waals surface area contributed by atoms with Crippen LogP contribution in [0, 0.1) is 11.7 Å². The van der Waals surface area contributed by atoms with Gasteiger partial charge in [-0.3, -0.25) is 9.59 Å². The van der Waals surface area contributed by atoms with Crippen molar-refractivity contribution >= 4 is 28.3 Å². The fourth-order valence-corrected chi connectivity index (χ4v) is 2.60. The van der Waals surface area contributed by atoms with Crippen LogP contribution >= 0.6 is 11.3 Å². The SMILES string of the molecule is CC(C)CCN(CC(=O)Nc1nccs1)C(=O)c1ccc(F)cc1. The molecule has 1 heterocycles. The van der Waals surface area contributed by atoms with Crippen molar-refractivity contribution in [3.63, 3.8) is 0 Å². The molecule has 0 saturated heterocycles. The Labute approximate surface area is 144 Å². The number of halogens is 1. The number of amides is 2. The zero-order chi connectivity index (χ0) is 17.5. The first-order valence-electron chi connectivity index (χ1n) is 7.70. The number of rotatable bonds is 7. The second-order valence-electron chi connectivity index (χ2n) is 5.80. The number of aromatic nitrogens is 1. The summed E-state index contributed by atoms with van der Waals surface area (Å²) >= 11 is 1.31. The first-order valence-corrected chi connectivity index (χ1v) is 8.58. The molecule has 7 heteroatoms. The normalized spacial score (nSPS) is 10.7. The Hall–Kier alpha value is -2.28. The quantitative estimate of drug-likeness (QED) is 0.833. The number of anilines is 1. The Bertz CT molecular complexity index is 672. The lowest BCUT2D eigenvalue weighted by Gasteiger charge is -2.23. The van der Waals surface area contributed by atoms with Crippen LogP contribution in [0.25, 0.3) is 0 Å². The third-order valence-corrected chi connectivity index (χ3v) is 4.06. The number of thiazole rings is 1. The average molecular weight is 349 g/mol. The Morgan fingerprint density at radius 1 is 1.29 bits per heavy atom. The molecular weight excluding hydrogens is 329 g/mol. The van der Waals surface area contributed by atoms with Crippen LogP contribution in [0.15, 0.2) is 35.8 Å². The van der Waals surface area contributed by atoms with Gasteiger partial charge in [-0.25, -0.2) is 9.37 Å². The van der Waals surface area contributed by atoms with Gasteiger partial charge in [0.25, 0.3) is 5.91 Å². The predicted octanol–water partition coefficient (Wildman–Crippen LogP) is 3.41. The maximum absolute atomic E-state index is 13.0. The highest BCUT2D eigenvalue weighted by molar-refractivity contribution is 7.13. The molecule has 5 nitrogen and oxygen atoms in total. The van der Waals surface area contributed by atoms with Gasteiger partial charge in [0.15, 0.2) is 5.13 Å². The smallest absolute Gasteiger partial charge is 0.254 e. The maximum atomic E-state index is 13.0. The molecule has 0 bridgehead atoms. The fraction of sp³-hybridized carbons (Fsp3) is 0.353. The van der Waals surface area contributed by atoms with Crippen LogP contribution in [0.5, 0.6) is 0 Å². The molecule has 2 aromatic rings. The number of carbonyl (C=O) groups excluding carboxylic acids is 2. The minimum atomic E-state index is -0.401. The third kappa shape index (κ3) is 5.42. The van der Waals surface area contributed by atoms with Gasteiger partial charge in [-0.15, -0.1) is 11.3 Å². The molecule has 2 amide bonds. The molecule has 128 valence electrons. The number of hydrogen-bond acceptors (Lipinski definition) is 4. The van der Waals surface area contributed by atoms with E-state index < -0.39 is 5.82 Å². The molecule has 0 aliphatic rings. The van der Waals surface area contributed by atoms with E-state index in [0.717, 1.165) is 6.42 Å². The molecule has 24 heavy (non-hydrogen) atoms. The minimum Gasteiger partial charge on any atom is -0.329 e. The molecule has 0 fully saturated rings. The highest BCUT2D eigenvalue weighted by atomic mass is 32.1. The summed E-state index contributed by atoms with van der Waals surface area (Å²) in [6.07, 6.45) is 2.37. The van der Waals surface area contributed by atoms with E-state index in [4.69, 9.17) is 0 Å². The standard InChI is InChI=1S/C17H20FN3O2S/c1-12(2)7-9-21(11-15(22)20-17-19-8-10-24-17)16(23)13-3-5-14(18)6-4-13/h3-6,8,10,12H,7,9,11H2,1-2H3,(H,19,20,22). The summed E-state index contributed by atoms with van der Waals surface area (Å²) in [5, 5.41) is 4.93. The molecule has 0 aliphatic carbocycles. The summed E-state index contributed by atoms with van der Waals surface area (Å²) in [4.78, 5) is 30.2. The maximum Gasteiger partial charge on any atom is 0.254 e. The van der Waals surface area contributed by atoms with E-state index in [1.807, 2.05) is 0 Å². The van der Waals surface area contributed by atoms with Crippen LogP contribution < -0.4 is 5.32 Å². The Morgan fingerprint density at radius 2 is 2.00 bits per heavy atom. The van der Waals surface area contributed by atoms with Crippen LogP contribution in [0.4, 0.5) is 9.52 Å². The van der Waals surface area contributed by atoms with Crippen molar-refractivity contribution in [3.8, 4) is 0 Å². The van der Waals surface area contributed by atoms with Crippen LogP contribution in [0.2, 0.25) is 0 Å². The van der Waals surface area contributed by atoms with E-state index >= 15 is 0 Å². The highest BCUT2D eigenvalue weighted by Crippen LogP contribution is 2.12. The molecule has 1 aromatic carbocycles. The van der Waals surface area contributed by atoms with Gasteiger partial charge in [-0.05, 0) is 36.6 Å². The summed E-state index contributed by atoms with van der Waals surface area (Å²) < 4.78 is 13.0. The van der Waals surface area contributed by atoms with E-state index in [-0.39, 0.29) is 18.4 Å². The zero-order valence-electron chi connectivity index (χ0n) is 13.7. The Balaban J connectivity index is 2.06. The highest BCUT2D eigenvalue weighted by Gasteiger charge is 2.19. The molecule has 0 spiro atoms. The summed E-state index contributed by atoms with van der Waals surface area (Å²) in [5.41, 5.74) is 0.363. The van der Waals surface area contributed by atoms with E-state index in [1.54, 1.807) is 11.6 Å². The van der Waals surface area contributed by atoms with E-state index in [9.17, 15) is 14.0 Å². The number of nitrogens with zero attached hydrogens (tertiary/aromatic N) is 2. The van der Waals surface area contributed by atoms with Crippen molar-refractivity contribution in [3.05, 3.63) is 47.2 Å². The van der Waals surface area contributed by atoms with Crippen molar-refractivity contribution in [2.75, 3.05) is 18.4 Å². The van der Waals surface area contributed by atoms with Gasteiger partial charge in [-0.2, -0.15) is 0 Å². The first-order chi connectivity index (χ1) is 11.5. The zero-order valence-corrected chi connectivity index (χ0v) is 14.5. The second kappa shape index (κ2) is 8.54. The van der Waals surface area contributed by atoms with Gasteiger partial charge in [0.2, 0.25) is 5.91 Å². The van der Waals surface area contributed by atoms with Crippen molar-refractivity contribution in [2.45, 2.75) is 20.3 Å². The van der Waals surface area contributed by atoms with Crippen LogP contribution in [0.1, 0.15) is 30.6 Å². The molecule has 0 radical (unpaired) electrons. The summed E-state index contributed by atoms with van der Waals surface area (Å²) in [6, 6.07) is 5.34. The van der Waals surface area contributed by atoms with Gasteiger partial charge in [-0.1, -0.05) is 13.8 Å². The van der Waals surface area contributed by atoms with E-state index in [0.29, 0.717) is 23.2 Å². The van der Waals surface area contributed by atoms with Crippen molar-refractivity contribution < 1.29 is 14.0 Å². The fourth-order valence-electron chi connectivity index (χ4n) is 2.06. The molecule has 0 unspecified atom stereocenters. The van der Waals surface area contributed by atoms with Crippen LogP contribution in [0.3, 0.4) is 0 Å². The minimum absolute atomic E-state index is 0.0670. The average Bonchev–Trinajstić information content (AvgIpc) is 3.04. The lowest BCUT2D eigenvalue weighted by atomic mass is 10.1. The summed E-state index contributed by atoms with van der Waals surface area (Å²) in [7, 11) is 0. The van der Waals surface area contributed by atoms with Crippen LogP contribution in [-0.2, 0) is 4.79 Å². The number of benzene rings is 1. The van der Waals surface area contributed by atoms with Crippen molar-refractivity contribution in [1.82, 2.24) is 9.88 Å². The van der Waals surface area contributed by atoms with Gasteiger partial charge < -0.3 is 10.2 Å². The Kier molecular flexibility index (Phi) is 6.43. The lowest BCUT2D eigenvalue weighted by Crippen LogP contribution is -2.39. The Morgan fingerprint density at radius 3 is 2.58 bits per heavy atom. The van der Waals surface area contributed by atoms with Crippen molar-refractivity contribution in [1.29, 1.82) is 0 Å². The van der Waals surface area contributed by atoms with E-state index in [1.165, 1.54) is 40.5 Å². The largest absolute Gasteiger partial charge is 0.329 e. The second-order valence-corrected chi connectivity index (χ2v) is 6.70. The molecule has 1 aromatic heterocycles. The number of carbonyl (C=O) groups is 2. The molecule has 2 rings (SSSR count). The monoisotopic (exact) mass is 349 g/mol. The summed E-state index contributed by atoms with van der Waals surface area (Å²) in [6.45, 7) is 4.49. The number of hydrogen-bond donors (Lipinski definition) is 1. The van der Waals surface area contributed by atoms with Crippen LogP contribution in [-0.4, -0.2) is 34.8 Å². The van der Waals surface area contributed by atoms with Gasteiger partial charge >= 0.3 is 0 Å². The topological polar surface area (TPSA) is 62.3 Å². The molecule has 0 atom stereocenters.